The van der Waals surface area contributed by atoms with Crippen LogP contribution in [0.5, 0.6) is 11.5 Å². The molecule has 0 aliphatic carbocycles. The van der Waals surface area contributed by atoms with Crippen molar-refractivity contribution in [3.05, 3.63) is 111 Å². The molecule has 3 aromatic carbocycles. The molecule has 0 aliphatic heterocycles. The number of carbonyl (C=O) groups is 2. The van der Waals surface area contributed by atoms with Crippen molar-refractivity contribution < 1.29 is 19.1 Å². The molecule has 0 atom stereocenters. The van der Waals surface area contributed by atoms with E-state index in [1.165, 1.54) is 114 Å². The van der Waals surface area contributed by atoms with Crippen molar-refractivity contribution in [2.45, 2.75) is 116 Å². The van der Waals surface area contributed by atoms with Crippen molar-refractivity contribution in [1.29, 1.82) is 0 Å². The monoisotopic (exact) mass is 735 g/mol. The van der Waals surface area contributed by atoms with Crippen molar-refractivity contribution in [1.82, 2.24) is 9.13 Å². The summed E-state index contributed by atoms with van der Waals surface area (Å²) in [6.07, 6.45) is 24.1. The number of hydrogen-bond acceptors (Lipinski definition) is 7. The highest BCUT2D eigenvalue weighted by Crippen LogP contribution is 2.24. The highest BCUT2D eigenvalue weighted by Gasteiger charge is 2.11. The molecule has 4 rings (SSSR count). The normalized spacial score (nSPS) is 11.2. The number of benzene rings is 3. The van der Waals surface area contributed by atoms with Crippen LogP contribution < -0.4 is 20.7 Å². The number of hydrogen-bond donors (Lipinski definition) is 0. The Bertz CT molecular complexity index is 1890. The van der Waals surface area contributed by atoms with Crippen molar-refractivity contribution in [2.75, 3.05) is 0 Å². The Labute approximate surface area is 320 Å². The molecule has 0 amide bonds. The Hall–Kier alpha value is -5.05. The number of unbranched alkanes of at least 4 members (excludes halogenated alkanes) is 15. The summed E-state index contributed by atoms with van der Waals surface area (Å²) in [5.41, 5.74) is 2.15. The molecule has 4 aromatic rings. The predicted octanol–water partition coefficient (Wildman–Crippen LogP) is 10.3. The largest absolute Gasteiger partial charge is 0.427 e. The van der Waals surface area contributed by atoms with Crippen molar-refractivity contribution in [3.8, 4) is 22.6 Å². The second-order valence-corrected chi connectivity index (χ2v) is 14.1. The van der Waals surface area contributed by atoms with Crippen LogP contribution >= 0.6 is 0 Å². The first kappa shape index (κ1) is 41.7. The third-order valence-corrected chi connectivity index (χ3v) is 9.65. The third kappa shape index (κ3) is 14.1. The van der Waals surface area contributed by atoms with E-state index in [4.69, 9.17) is 9.47 Å². The molecule has 1 heterocycles. The lowest BCUT2D eigenvalue weighted by Crippen LogP contribution is -2.36. The molecule has 0 aliphatic rings. The zero-order chi connectivity index (χ0) is 38.5. The lowest BCUT2D eigenvalue weighted by Gasteiger charge is -2.08. The minimum absolute atomic E-state index is 0.133. The van der Waals surface area contributed by atoms with Gasteiger partial charge in [-0.15, -0.1) is 0 Å². The molecular weight excluding hydrogens is 679 g/mol. The maximum Gasteiger partial charge on any atom is 0.343 e. The minimum atomic E-state index is -0.497. The number of carbonyl (C=O) groups excluding carboxylic acids is 2. The molecular formula is C45H57N3O6. The van der Waals surface area contributed by atoms with Crippen LogP contribution in [0.25, 0.3) is 11.1 Å². The summed E-state index contributed by atoms with van der Waals surface area (Å²) in [6, 6.07) is 21.2. The summed E-state index contributed by atoms with van der Waals surface area (Å²) in [4.78, 5) is 53.6. The number of aliphatic imine (C=N–C) groups is 1. The van der Waals surface area contributed by atoms with Gasteiger partial charge in [-0.1, -0.05) is 128 Å². The van der Waals surface area contributed by atoms with E-state index in [-0.39, 0.29) is 11.7 Å². The van der Waals surface area contributed by atoms with Gasteiger partial charge in [-0.25, -0.2) is 14.6 Å². The van der Waals surface area contributed by atoms with Crippen LogP contribution in [0.2, 0.25) is 0 Å². The van der Waals surface area contributed by atoms with E-state index in [0.29, 0.717) is 29.0 Å². The Morgan fingerprint density at radius 1 is 0.611 bits per heavy atom. The summed E-state index contributed by atoms with van der Waals surface area (Å²) >= 11 is 0. The van der Waals surface area contributed by atoms with E-state index in [2.05, 4.69) is 11.9 Å². The summed E-state index contributed by atoms with van der Waals surface area (Å²) in [5, 5.41) is 0. The van der Waals surface area contributed by atoms with Gasteiger partial charge >= 0.3 is 17.6 Å². The molecule has 288 valence electrons. The molecule has 0 radical (unpaired) electrons. The van der Waals surface area contributed by atoms with Crippen LogP contribution in [-0.4, -0.2) is 27.3 Å². The fourth-order valence-electron chi connectivity index (χ4n) is 6.32. The second-order valence-electron chi connectivity index (χ2n) is 14.1. The van der Waals surface area contributed by atoms with E-state index in [1.807, 2.05) is 24.3 Å². The van der Waals surface area contributed by atoms with Crippen LogP contribution in [0.4, 0.5) is 5.69 Å². The highest BCUT2D eigenvalue weighted by atomic mass is 16.5. The van der Waals surface area contributed by atoms with Crippen LogP contribution in [-0.2, 0) is 18.9 Å². The molecule has 9 heteroatoms. The number of esters is 2. The first-order valence-corrected chi connectivity index (χ1v) is 19.8. The molecule has 1 aromatic heterocycles. The zero-order valence-corrected chi connectivity index (χ0v) is 32.4. The van der Waals surface area contributed by atoms with E-state index in [1.54, 1.807) is 55.6 Å². The summed E-state index contributed by atoms with van der Waals surface area (Å²) in [7, 11) is 2.96. The Morgan fingerprint density at radius 2 is 1.07 bits per heavy atom. The maximum atomic E-state index is 12.8. The first-order valence-electron chi connectivity index (χ1n) is 19.8. The molecule has 0 saturated carbocycles. The number of aromatic nitrogens is 2. The highest BCUT2D eigenvalue weighted by molar-refractivity contribution is 5.92. The van der Waals surface area contributed by atoms with Gasteiger partial charge in [0, 0.05) is 32.9 Å². The van der Waals surface area contributed by atoms with Crippen LogP contribution in [0.1, 0.15) is 132 Å². The fraction of sp³-hybridized carbons (Fsp3) is 0.444. The van der Waals surface area contributed by atoms with Gasteiger partial charge in [0.25, 0.3) is 5.56 Å². The summed E-state index contributed by atoms with van der Waals surface area (Å²) in [5.74, 6) is 0.184. The van der Waals surface area contributed by atoms with Gasteiger partial charge in [-0.3, -0.25) is 14.2 Å². The Balaban J connectivity index is 1.10. The van der Waals surface area contributed by atoms with Gasteiger partial charge in [0.05, 0.1) is 5.56 Å². The van der Waals surface area contributed by atoms with Crippen LogP contribution in [0.15, 0.2) is 93.6 Å². The van der Waals surface area contributed by atoms with Gasteiger partial charge in [0.1, 0.15) is 17.2 Å². The van der Waals surface area contributed by atoms with Gasteiger partial charge in [-0.05, 0) is 71.6 Å². The smallest absolute Gasteiger partial charge is 0.343 e. The Kier molecular flexibility index (Phi) is 17.7. The van der Waals surface area contributed by atoms with Crippen molar-refractivity contribution in [2.24, 2.45) is 19.1 Å². The van der Waals surface area contributed by atoms with Gasteiger partial charge in [0.15, 0.2) is 0 Å². The average Bonchev–Trinajstić information content (AvgIpc) is 3.18. The molecule has 0 fully saturated rings. The first-order chi connectivity index (χ1) is 26.2. The van der Waals surface area contributed by atoms with E-state index < -0.39 is 17.2 Å². The lowest BCUT2D eigenvalue weighted by atomic mass is 10.0. The van der Waals surface area contributed by atoms with Crippen LogP contribution in [0, 0.1) is 0 Å². The Morgan fingerprint density at radius 3 is 1.61 bits per heavy atom. The SMILES string of the molecule is CCCCCCCCCCCCCCCCCCC(=O)Oc1ccc(-c2ccc(C(=O)Oc3ccc(C=Nc4cn(C)c(=O)n(C)c4=O)cc3)cc2)cc1. The number of rotatable bonds is 23. The topological polar surface area (TPSA) is 109 Å². The van der Waals surface area contributed by atoms with Crippen LogP contribution in [0.3, 0.4) is 0 Å². The fourth-order valence-corrected chi connectivity index (χ4v) is 6.32. The minimum Gasteiger partial charge on any atom is -0.427 e. The molecule has 0 unspecified atom stereocenters. The molecule has 0 N–H and O–H groups in total. The van der Waals surface area contributed by atoms with Crippen molar-refractivity contribution >= 4 is 23.8 Å². The maximum absolute atomic E-state index is 12.8. The average molecular weight is 736 g/mol. The molecule has 0 saturated heterocycles. The summed E-state index contributed by atoms with van der Waals surface area (Å²) in [6.45, 7) is 2.27. The second kappa shape index (κ2) is 22.9. The van der Waals surface area contributed by atoms with Gasteiger partial charge in [-0.2, -0.15) is 0 Å². The number of ether oxygens (including phenoxy) is 2. The number of aryl methyl sites for hydroxylation is 1. The molecule has 9 nitrogen and oxygen atoms in total. The predicted molar refractivity (Wildman–Crippen MR) is 217 cm³/mol. The number of nitrogens with zero attached hydrogens (tertiary/aromatic N) is 3. The lowest BCUT2D eigenvalue weighted by molar-refractivity contribution is -0.134. The van der Waals surface area contributed by atoms with Gasteiger partial charge < -0.3 is 14.0 Å². The van der Waals surface area contributed by atoms with Gasteiger partial charge in [0.2, 0.25) is 0 Å². The zero-order valence-electron chi connectivity index (χ0n) is 32.4. The molecule has 0 bridgehead atoms. The summed E-state index contributed by atoms with van der Waals surface area (Å²) < 4.78 is 13.4. The quantitative estimate of drug-likeness (QED) is 0.0325. The van der Waals surface area contributed by atoms with Crippen molar-refractivity contribution in [3.63, 3.8) is 0 Å². The molecule has 0 spiro atoms. The standard InChI is InChI=1S/C45H57N3O6/c1-4-5-6-7-8-9-10-11-12-13-14-15-16-17-18-19-20-42(49)53-39-31-27-37(28-32-39)36-23-25-38(26-24-36)44(51)54-40-29-21-35(22-30-40)33-46-41-34-47(2)45(52)48(3)43(41)50/h21-34H,4-20H2,1-3H3. The third-order valence-electron chi connectivity index (χ3n) is 9.65. The molecule has 54 heavy (non-hydrogen) atoms. The van der Waals surface area contributed by atoms with E-state index in [0.717, 1.165) is 28.5 Å². The van der Waals surface area contributed by atoms with E-state index in [9.17, 15) is 19.2 Å². The van der Waals surface area contributed by atoms with E-state index >= 15 is 0 Å².